The van der Waals surface area contributed by atoms with Gasteiger partial charge >= 0.3 is 5.97 Å². The van der Waals surface area contributed by atoms with Crippen LogP contribution >= 0.6 is 0 Å². The molecule has 19 nitrogen and oxygen atoms in total. The van der Waals surface area contributed by atoms with Crippen LogP contribution in [0.1, 0.15) is 119 Å². The van der Waals surface area contributed by atoms with Crippen LogP contribution in [0.2, 0.25) is 0 Å². The number of benzene rings is 3. The number of nitrogens with one attached hydrogen (secondary N) is 3. The number of hydrogen-bond donors (Lipinski definition) is 4. The number of rotatable bonds is 28. The maximum absolute atomic E-state index is 15.5. The molecule has 20 heteroatoms. The molecule has 10 atom stereocenters. The van der Waals surface area contributed by atoms with E-state index in [2.05, 4.69) is 16.0 Å². The summed E-state index contributed by atoms with van der Waals surface area (Å²) in [5.41, 5.74) is 1.30. The summed E-state index contributed by atoms with van der Waals surface area (Å²) in [6.45, 7) is 18.6. The summed E-state index contributed by atoms with van der Waals surface area (Å²) in [6, 6.07) is 14.0. The van der Waals surface area contributed by atoms with Crippen LogP contribution in [0.3, 0.4) is 0 Å². The lowest BCUT2D eigenvalue weighted by Crippen LogP contribution is -2.61. The fraction of sp³-hybridized carbons (Fsp3) is 0.571. The van der Waals surface area contributed by atoms with Crippen molar-refractivity contribution in [2.75, 3.05) is 41.3 Å². The first-order valence-electron chi connectivity index (χ1n) is 29.0. The third-order valence-corrected chi connectivity index (χ3v) is 15.8. The molecule has 0 aliphatic carbocycles. The van der Waals surface area contributed by atoms with Crippen molar-refractivity contribution >= 4 is 53.2 Å². The highest BCUT2D eigenvalue weighted by molar-refractivity contribution is 5.98. The van der Waals surface area contributed by atoms with Gasteiger partial charge in [-0.3, -0.25) is 43.2 Å². The minimum absolute atomic E-state index is 0.00549. The van der Waals surface area contributed by atoms with Crippen LogP contribution in [-0.2, 0) is 60.7 Å². The van der Waals surface area contributed by atoms with Gasteiger partial charge in [-0.15, -0.1) is 0 Å². The SMILES string of the molecule is CCC(C)C(NC(=O)C1CCCN1C(=O)C(Cc1cccc(-c2cccc(F)c2)c1)N(C)C(=O)C(Cc1ccccc1)NC(=O)[C@H](C)N(C)C(=O)C(OC(C)=O)[C@H](C)CC)C(=O)N(C)[C@@H](C)C(=O)NC(CC(C)C)C(=O)N(C)CC(C)(C)O. The number of carbonyl (C=O) groups excluding carboxylic acids is 9. The third-order valence-electron chi connectivity index (χ3n) is 15.8. The number of likely N-dealkylation sites (tertiary alicyclic amines) is 1. The number of esters is 1. The molecule has 1 fully saturated rings. The maximum atomic E-state index is 15.5. The van der Waals surface area contributed by atoms with E-state index in [0.717, 1.165) is 0 Å². The Morgan fingerprint density at radius 1 is 0.675 bits per heavy atom. The van der Waals surface area contributed by atoms with Crippen LogP contribution in [0.15, 0.2) is 78.9 Å². The Morgan fingerprint density at radius 3 is 1.78 bits per heavy atom. The normalized spacial score (nSPS) is 16.6. The van der Waals surface area contributed by atoms with Crippen molar-refractivity contribution in [1.29, 1.82) is 0 Å². The smallest absolute Gasteiger partial charge is 0.303 e. The second kappa shape index (κ2) is 30.9. The van der Waals surface area contributed by atoms with Gasteiger partial charge in [0.1, 0.15) is 48.1 Å². The Balaban J connectivity index is 1.70. The van der Waals surface area contributed by atoms with E-state index in [1.54, 1.807) is 101 Å². The number of ether oxygens (including phenoxy) is 1. The average molecular weight is 1160 g/mol. The van der Waals surface area contributed by atoms with Crippen LogP contribution < -0.4 is 16.0 Å². The number of nitrogens with zero attached hydrogens (tertiary/aromatic N) is 5. The van der Waals surface area contributed by atoms with Gasteiger partial charge in [-0.1, -0.05) is 115 Å². The molecule has 83 heavy (non-hydrogen) atoms. The van der Waals surface area contributed by atoms with Crippen LogP contribution in [0, 0.1) is 23.6 Å². The van der Waals surface area contributed by atoms with E-state index in [9.17, 15) is 43.1 Å². The maximum Gasteiger partial charge on any atom is 0.303 e. The Morgan fingerprint density at radius 2 is 1.23 bits per heavy atom. The van der Waals surface area contributed by atoms with Gasteiger partial charge < -0.3 is 50.3 Å². The first kappa shape index (κ1) is 68.3. The molecule has 4 N–H and O–H groups in total. The zero-order valence-electron chi connectivity index (χ0n) is 51.4. The van der Waals surface area contributed by atoms with Crippen molar-refractivity contribution in [3.05, 3.63) is 95.8 Å². The molecule has 0 saturated carbocycles. The highest BCUT2D eigenvalue weighted by atomic mass is 19.1. The standard InChI is InChI=1S/C63H91FN8O11/c1-16-39(5)53(61(80)69(13)41(7)55(74)65-49(32-38(3)4)58(77)68(12)37-63(10,11)82)67-57(76)51-30-23-31-72(51)60(79)52(35-45-26-21-27-46(33-45)47-28-22-29-48(64)36-47)71(15)59(78)50(34-44-24-19-18-20-25-44)66-56(75)42(8)70(14)62(81)54(40(6)17-2)83-43(9)73/h18-22,24-29,33,36,38-42,49-54,82H,16-17,23,30-32,34-35,37H2,1-15H3,(H,65,74)(H,66,75)(H,67,76)/t39?,40-,41+,42+,49?,50?,51?,52?,53?,54?/m1/s1. The van der Waals surface area contributed by atoms with Crippen LogP contribution in [0.25, 0.3) is 11.1 Å². The van der Waals surface area contributed by atoms with E-state index >= 15 is 9.59 Å². The highest BCUT2D eigenvalue weighted by Crippen LogP contribution is 2.27. The molecule has 1 aliphatic rings. The van der Waals surface area contributed by atoms with Gasteiger partial charge in [-0.05, 0) is 99.6 Å². The summed E-state index contributed by atoms with van der Waals surface area (Å²) in [5, 5.41) is 19.0. The van der Waals surface area contributed by atoms with Crippen molar-refractivity contribution in [3.63, 3.8) is 0 Å². The molecule has 1 saturated heterocycles. The summed E-state index contributed by atoms with van der Waals surface area (Å²) in [7, 11) is 5.85. The van der Waals surface area contributed by atoms with E-state index in [1.807, 2.05) is 27.7 Å². The van der Waals surface area contributed by atoms with Gasteiger partial charge in [0.15, 0.2) is 6.10 Å². The zero-order valence-corrected chi connectivity index (χ0v) is 51.4. The van der Waals surface area contributed by atoms with Crippen molar-refractivity contribution in [2.45, 2.75) is 175 Å². The molecule has 8 amide bonds. The predicted octanol–water partition coefficient (Wildman–Crippen LogP) is 5.54. The van der Waals surface area contributed by atoms with Gasteiger partial charge in [0.2, 0.25) is 41.4 Å². The lowest BCUT2D eigenvalue weighted by molar-refractivity contribution is -0.163. The quantitative estimate of drug-likeness (QED) is 0.0659. The van der Waals surface area contributed by atoms with Crippen molar-refractivity contribution in [3.8, 4) is 11.1 Å². The second-order valence-electron chi connectivity index (χ2n) is 23.6. The van der Waals surface area contributed by atoms with Gasteiger partial charge in [-0.2, -0.15) is 0 Å². The van der Waals surface area contributed by atoms with Crippen LogP contribution in [-0.4, -0.2) is 178 Å². The van der Waals surface area contributed by atoms with Crippen LogP contribution in [0.4, 0.5) is 4.39 Å². The first-order chi connectivity index (χ1) is 38.9. The molecule has 1 heterocycles. The number of likely N-dealkylation sites (N-methyl/N-ethyl adjacent to an activating group) is 4. The molecule has 3 aromatic carbocycles. The number of carbonyl (C=O) groups is 9. The van der Waals surface area contributed by atoms with E-state index in [0.29, 0.717) is 47.9 Å². The molecule has 0 bridgehead atoms. The Bertz CT molecular complexity index is 2740. The summed E-state index contributed by atoms with van der Waals surface area (Å²) >= 11 is 0. The lowest BCUT2D eigenvalue weighted by Gasteiger charge is -2.36. The van der Waals surface area contributed by atoms with Crippen LogP contribution in [0.5, 0.6) is 0 Å². The van der Waals surface area contributed by atoms with Gasteiger partial charge in [-0.25, -0.2) is 4.39 Å². The van der Waals surface area contributed by atoms with E-state index in [1.165, 1.54) is 78.5 Å². The summed E-state index contributed by atoms with van der Waals surface area (Å²) in [6.07, 6.45) is 0.588. The Kier molecular flexibility index (Phi) is 25.4. The van der Waals surface area contributed by atoms with E-state index in [4.69, 9.17) is 4.74 Å². The topological polar surface area (TPSA) is 235 Å². The number of amides is 8. The number of aliphatic hydroxyl groups is 1. The molecule has 0 aromatic heterocycles. The Labute approximate surface area is 490 Å². The molecule has 3 aromatic rings. The molecule has 0 radical (unpaired) electrons. The molecule has 0 spiro atoms. The van der Waals surface area contributed by atoms with E-state index < -0.39 is 119 Å². The first-order valence-corrected chi connectivity index (χ1v) is 29.0. The fourth-order valence-corrected chi connectivity index (χ4v) is 10.2. The predicted molar refractivity (Wildman–Crippen MR) is 315 cm³/mol. The van der Waals surface area contributed by atoms with Gasteiger partial charge in [0.25, 0.3) is 5.91 Å². The van der Waals surface area contributed by atoms with Crippen molar-refractivity contribution in [2.24, 2.45) is 17.8 Å². The van der Waals surface area contributed by atoms with E-state index in [-0.39, 0.29) is 44.2 Å². The van der Waals surface area contributed by atoms with Gasteiger partial charge in [0, 0.05) is 67.0 Å². The average Bonchev–Trinajstić information content (AvgIpc) is 4.23. The second-order valence-corrected chi connectivity index (χ2v) is 23.6. The fourth-order valence-electron chi connectivity index (χ4n) is 10.2. The van der Waals surface area contributed by atoms with Crippen molar-refractivity contribution in [1.82, 2.24) is 40.4 Å². The molecular weight excluding hydrogens is 1060 g/mol. The molecule has 7 unspecified atom stereocenters. The monoisotopic (exact) mass is 1150 g/mol. The molecule has 456 valence electrons. The summed E-state index contributed by atoms with van der Waals surface area (Å²) < 4.78 is 19.9. The number of hydrogen-bond acceptors (Lipinski definition) is 11. The lowest BCUT2D eigenvalue weighted by atomic mass is 9.96. The minimum atomic E-state index is -1.30. The third kappa shape index (κ3) is 19.2. The molecule has 4 rings (SSSR count). The van der Waals surface area contributed by atoms with Gasteiger partial charge in [0.05, 0.1) is 5.60 Å². The largest absolute Gasteiger partial charge is 0.452 e. The zero-order chi connectivity index (χ0) is 62.2. The Hall–Kier alpha value is -7.22. The molecule has 1 aliphatic heterocycles. The highest BCUT2D eigenvalue weighted by Gasteiger charge is 2.44. The van der Waals surface area contributed by atoms with Crippen molar-refractivity contribution < 1.29 is 57.4 Å². The number of halogens is 1. The summed E-state index contributed by atoms with van der Waals surface area (Å²) in [4.78, 5) is 134. The molecular formula is C63H91FN8O11. The minimum Gasteiger partial charge on any atom is -0.452 e. The summed E-state index contributed by atoms with van der Waals surface area (Å²) in [5.74, 6) is -6.67.